The minimum Gasteiger partial charge on any atom is -0.356 e. The highest BCUT2D eigenvalue weighted by Crippen LogP contribution is 2.36. The first kappa shape index (κ1) is 21.7. The van der Waals surface area contributed by atoms with Crippen LogP contribution in [-0.4, -0.2) is 46.3 Å². The molecule has 2 aromatic carbocycles. The van der Waals surface area contributed by atoms with Gasteiger partial charge in [0.2, 0.25) is 5.91 Å². The Morgan fingerprint density at radius 1 is 1.09 bits per heavy atom. The lowest BCUT2D eigenvalue weighted by Crippen LogP contribution is -2.45. The average molecular weight is 429 g/mol. The maximum atomic E-state index is 13.2. The van der Waals surface area contributed by atoms with Crippen molar-refractivity contribution in [2.75, 3.05) is 19.6 Å². The summed E-state index contributed by atoms with van der Waals surface area (Å²) in [5.41, 5.74) is 4.22. The van der Waals surface area contributed by atoms with Crippen molar-refractivity contribution in [2.24, 2.45) is 5.41 Å². The number of nitrogens with zero attached hydrogens (tertiary/aromatic N) is 3. The predicted octanol–water partition coefficient (Wildman–Crippen LogP) is 3.66. The number of aryl methyl sites for hydroxylation is 1. The summed E-state index contributed by atoms with van der Waals surface area (Å²) >= 11 is 0. The standard InChI is InChI=1S/C26H28N4O2/c1-3-28-25(32)26(11-14-30(18-26)24(31)23-17-27-12-13-29-23)16-20-5-4-6-22(15-20)21-9-7-19(2)8-10-21/h4-10,12-13,15,17H,3,11,14,16,18H2,1-2H3,(H,28,32)/t26-/m1/s1. The number of aromatic nitrogens is 2. The van der Waals surface area contributed by atoms with Crippen molar-refractivity contribution >= 4 is 11.8 Å². The Hall–Kier alpha value is -3.54. The molecule has 2 amide bonds. The van der Waals surface area contributed by atoms with Gasteiger partial charge in [0.1, 0.15) is 5.69 Å². The zero-order chi connectivity index (χ0) is 22.6. The van der Waals surface area contributed by atoms with E-state index in [0.29, 0.717) is 38.2 Å². The number of carbonyl (C=O) groups is 2. The fraction of sp³-hybridized carbons (Fsp3) is 0.308. The molecule has 0 unspecified atom stereocenters. The molecule has 1 fully saturated rings. The first-order valence-corrected chi connectivity index (χ1v) is 11.0. The first-order valence-electron chi connectivity index (χ1n) is 11.0. The quantitative estimate of drug-likeness (QED) is 0.650. The van der Waals surface area contributed by atoms with Crippen molar-refractivity contribution in [3.8, 4) is 11.1 Å². The Kier molecular flexibility index (Phi) is 6.30. The van der Waals surface area contributed by atoms with Gasteiger partial charge in [0.15, 0.2) is 0 Å². The largest absolute Gasteiger partial charge is 0.356 e. The number of carbonyl (C=O) groups excluding carboxylic acids is 2. The van der Waals surface area contributed by atoms with Crippen LogP contribution in [0.25, 0.3) is 11.1 Å². The first-order chi connectivity index (χ1) is 15.5. The van der Waals surface area contributed by atoms with Gasteiger partial charge in [-0.2, -0.15) is 0 Å². The van der Waals surface area contributed by atoms with Gasteiger partial charge in [-0.1, -0.05) is 54.1 Å². The second-order valence-corrected chi connectivity index (χ2v) is 8.45. The molecule has 6 nitrogen and oxygen atoms in total. The number of likely N-dealkylation sites (tertiary alicyclic amines) is 1. The molecule has 6 heteroatoms. The Labute approximate surface area is 188 Å². The maximum Gasteiger partial charge on any atom is 0.274 e. The van der Waals surface area contributed by atoms with Crippen molar-refractivity contribution in [3.05, 3.63) is 83.9 Å². The van der Waals surface area contributed by atoms with Gasteiger partial charge in [-0.25, -0.2) is 4.98 Å². The molecule has 32 heavy (non-hydrogen) atoms. The van der Waals surface area contributed by atoms with E-state index in [9.17, 15) is 9.59 Å². The topological polar surface area (TPSA) is 75.2 Å². The van der Waals surface area contributed by atoms with E-state index >= 15 is 0 Å². The zero-order valence-electron chi connectivity index (χ0n) is 18.5. The molecule has 1 saturated heterocycles. The van der Waals surface area contributed by atoms with Crippen LogP contribution in [0.2, 0.25) is 0 Å². The highest BCUT2D eigenvalue weighted by Gasteiger charge is 2.46. The molecule has 1 aliphatic heterocycles. The van der Waals surface area contributed by atoms with Gasteiger partial charge < -0.3 is 10.2 Å². The third kappa shape index (κ3) is 4.54. The van der Waals surface area contributed by atoms with Crippen LogP contribution in [0.3, 0.4) is 0 Å². The number of hydrogen-bond acceptors (Lipinski definition) is 4. The molecule has 0 saturated carbocycles. The molecule has 1 aliphatic rings. The lowest BCUT2D eigenvalue weighted by atomic mass is 9.79. The molecule has 1 atom stereocenters. The van der Waals surface area contributed by atoms with E-state index < -0.39 is 5.41 Å². The summed E-state index contributed by atoms with van der Waals surface area (Å²) in [4.78, 5) is 36.0. The number of hydrogen-bond donors (Lipinski definition) is 1. The highest BCUT2D eigenvalue weighted by atomic mass is 16.2. The average Bonchev–Trinajstić information content (AvgIpc) is 3.25. The summed E-state index contributed by atoms with van der Waals surface area (Å²) in [6.07, 6.45) is 5.71. The van der Waals surface area contributed by atoms with Crippen LogP contribution in [0.5, 0.6) is 0 Å². The predicted molar refractivity (Wildman–Crippen MR) is 124 cm³/mol. The fourth-order valence-electron chi connectivity index (χ4n) is 4.37. The van der Waals surface area contributed by atoms with Crippen LogP contribution in [0, 0.1) is 12.3 Å². The molecule has 0 bridgehead atoms. The molecule has 3 aromatic rings. The van der Waals surface area contributed by atoms with E-state index in [1.54, 1.807) is 11.1 Å². The molecule has 1 N–H and O–H groups in total. The van der Waals surface area contributed by atoms with Gasteiger partial charge in [-0.15, -0.1) is 0 Å². The van der Waals surface area contributed by atoms with E-state index in [0.717, 1.165) is 16.7 Å². The third-order valence-corrected chi connectivity index (χ3v) is 6.10. The Morgan fingerprint density at radius 2 is 1.91 bits per heavy atom. The van der Waals surface area contributed by atoms with Crippen LogP contribution in [0.4, 0.5) is 0 Å². The number of nitrogens with one attached hydrogen (secondary N) is 1. The Balaban J connectivity index is 1.59. The van der Waals surface area contributed by atoms with Crippen LogP contribution in [-0.2, 0) is 11.2 Å². The summed E-state index contributed by atoms with van der Waals surface area (Å²) in [6.45, 7) is 5.43. The minimum absolute atomic E-state index is 0.00446. The smallest absolute Gasteiger partial charge is 0.274 e. The van der Waals surface area contributed by atoms with Crippen LogP contribution < -0.4 is 5.32 Å². The summed E-state index contributed by atoms with van der Waals surface area (Å²) in [6, 6.07) is 16.8. The van der Waals surface area contributed by atoms with E-state index in [1.165, 1.54) is 18.0 Å². The van der Waals surface area contributed by atoms with E-state index in [2.05, 4.69) is 64.7 Å². The summed E-state index contributed by atoms with van der Waals surface area (Å²) in [5, 5.41) is 3.00. The molecular formula is C26H28N4O2. The highest BCUT2D eigenvalue weighted by molar-refractivity contribution is 5.93. The molecule has 0 radical (unpaired) electrons. The SMILES string of the molecule is CCNC(=O)[C@@]1(Cc2cccc(-c3ccc(C)cc3)c2)CCN(C(=O)c2cnccn2)C1. The Bertz CT molecular complexity index is 1100. The lowest BCUT2D eigenvalue weighted by Gasteiger charge is -2.28. The van der Waals surface area contributed by atoms with Gasteiger partial charge in [-0.05, 0) is 43.4 Å². The van der Waals surface area contributed by atoms with E-state index in [-0.39, 0.29) is 11.8 Å². The van der Waals surface area contributed by atoms with Crippen molar-refractivity contribution in [2.45, 2.75) is 26.7 Å². The molecule has 0 aliphatic carbocycles. The molecule has 4 rings (SSSR count). The van der Waals surface area contributed by atoms with Crippen molar-refractivity contribution in [1.82, 2.24) is 20.2 Å². The molecule has 1 aromatic heterocycles. The van der Waals surface area contributed by atoms with Crippen molar-refractivity contribution < 1.29 is 9.59 Å². The maximum absolute atomic E-state index is 13.2. The Morgan fingerprint density at radius 3 is 2.62 bits per heavy atom. The van der Waals surface area contributed by atoms with Crippen LogP contribution >= 0.6 is 0 Å². The third-order valence-electron chi connectivity index (χ3n) is 6.10. The van der Waals surface area contributed by atoms with E-state index in [1.807, 2.05) is 13.0 Å². The van der Waals surface area contributed by atoms with Crippen molar-refractivity contribution in [3.63, 3.8) is 0 Å². The lowest BCUT2D eigenvalue weighted by molar-refractivity contribution is -0.130. The van der Waals surface area contributed by atoms with Gasteiger partial charge in [-0.3, -0.25) is 14.6 Å². The van der Waals surface area contributed by atoms with Gasteiger partial charge >= 0.3 is 0 Å². The molecule has 0 spiro atoms. The molecular weight excluding hydrogens is 400 g/mol. The number of amides is 2. The van der Waals surface area contributed by atoms with E-state index in [4.69, 9.17) is 0 Å². The second-order valence-electron chi connectivity index (χ2n) is 8.45. The summed E-state index contributed by atoms with van der Waals surface area (Å²) in [5.74, 6) is -0.187. The van der Waals surface area contributed by atoms with Crippen LogP contribution in [0.1, 0.15) is 35.0 Å². The monoisotopic (exact) mass is 428 g/mol. The normalized spacial score (nSPS) is 17.9. The molecule has 2 heterocycles. The van der Waals surface area contributed by atoms with Gasteiger partial charge in [0.25, 0.3) is 5.91 Å². The fourth-order valence-corrected chi connectivity index (χ4v) is 4.37. The second kappa shape index (κ2) is 9.30. The number of benzene rings is 2. The zero-order valence-corrected chi connectivity index (χ0v) is 18.5. The minimum atomic E-state index is -0.667. The molecule has 164 valence electrons. The summed E-state index contributed by atoms with van der Waals surface area (Å²) < 4.78 is 0. The summed E-state index contributed by atoms with van der Waals surface area (Å²) in [7, 11) is 0. The van der Waals surface area contributed by atoms with Gasteiger partial charge in [0.05, 0.1) is 11.6 Å². The number of rotatable bonds is 6. The van der Waals surface area contributed by atoms with Crippen LogP contribution in [0.15, 0.2) is 67.1 Å². The van der Waals surface area contributed by atoms with Crippen molar-refractivity contribution in [1.29, 1.82) is 0 Å². The van der Waals surface area contributed by atoms with Gasteiger partial charge in [0, 0.05) is 32.0 Å².